The summed E-state index contributed by atoms with van der Waals surface area (Å²) >= 11 is 0. The molecule has 2 aliphatic heterocycles. The normalized spacial score (nSPS) is 35.6. The highest BCUT2D eigenvalue weighted by atomic mass is 16.6. The van der Waals surface area contributed by atoms with Crippen molar-refractivity contribution < 1.29 is 18.6 Å². The molecule has 4 bridgehead atoms. The molecule has 2 spiro atoms. The summed E-state index contributed by atoms with van der Waals surface area (Å²) in [6, 6.07) is 14.0. The topological polar surface area (TPSA) is 93.6 Å². The lowest BCUT2D eigenvalue weighted by molar-refractivity contribution is -0.197. The monoisotopic (exact) mass is 494 g/mol. The highest BCUT2D eigenvalue weighted by molar-refractivity contribution is 5.66. The van der Waals surface area contributed by atoms with Crippen LogP contribution in [-0.2, 0) is 16.6 Å². The van der Waals surface area contributed by atoms with Crippen molar-refractivity contribution in [3.8, 4) is 29.1 Å². The average molecular weight is 495 g/mol. The fourth-order valence-electron chi connectivity index (χ4n) is 8.46. The molecule has 37 heavy (non-hydrogen) atoms. The lowest BCUT2D eigenvalue weighted by atomic mass is 9.37. The van der Waals surface area contributed by atoms with E-state index in [0.29, 0.717) is 18.3 Å². The van der Waals surface area contributed by atoms with E-state index in [9.17, 15) is 5.26 Å². The van der Waals surface area contributed by atoms with Crippen molar-refractivity contribution in [2.75, 3.05) is 20.8 Å². The standard InChI is InChI=1S/C29H26N4O4/c1-34-20-9-8-18-14-21-27-10-11-29(35-2,26-28(27,12-13-33(21)16-30)22(18)23(20)36-26)19(15-27)25-32-31-24(37-25)17-6-4-3-5-7-17/h3-11,19,21,26H,12-15H2,1-2H3/t19-,21+,26-,27+,28-,29+/m0/s1. The zero-order chi connectivity index (χ0) is 25.0. The Kier molecular flexibility index (Phi) is 3.98. The van der Waals surface area contributed by atoms with E-state index in [-0.39, 0.29) is 28.9 Å². The Bertz CT molecular complexity index is 1510. The molecule has 0 radical (unpaired) electrons. The Hall–Kier alpha value is -3.83. The maximum absolute atomic E-state index is 10.2. The van der Waals surface area contributed by atoms with E-state index < -0.39 is 5.60 Å². The molecule has 8 nitrogen and oxygen atoms in total. The molecule has 0 amide bonds. The number of piperidine rings is 1. The van der Waals surface area contributed by atoms with Gasteiger partial charge in [0.1, 0.15) is 11.7 Å². The molecule has 6 atom stereocenters. The first-order valence-corrected chi connectivity index (χ1v) is 12.8. The highest BCUT2D eigenvalue weighted by Crippen LogP contribution is 2.75. The Morgan fingerprint density at radius 3 is 2.76 bits per heavy atom. The van der Waals surface area contributed by atoms with Crippen molar-refractivity contribution in [3.05, 3.63) is 71.6 Å². The number of methoxy groups -OCH3 is 2. The van der Waals surface area contributed by atoms with Crippen molar-refractivity contribution in [1.82, 2.24) is 15.1 Å². The lowest BCUT2D eigenvalue weighted by Gasteiger charge is -2.70. The minimum atomic E-state index is -0.805. The van der Waals surface area contributed by atoms with Gasteiger partial charge < -0.3 is 23.5 Å². The van der Waals surface area contributed by atoms with Crippen LogP contribution in [0.3, 0.4) is 0 Å². The predicted octanol–water partition coefficient (Wildman–Crippen LogP) is 3.98. The number of fused-ring (bicyclic) bond motifs is 1. The molecule has 0 unspecified atom stereocenters. The van der Waals surface area contributed by atoms with Gasteiger partial charge in [-0.1, -0.05) is 36.4 Å². The van der Waals surface area contributed by atoms with Crippen LogP contribution in [0.5, 0.6) is 11.5 Å². The van der Waals surface area contributed by atoms with Crippen LogP contribution in [0, 0.1) is 16.9 Å². The fraction of sp³-hybridized carbons (Fsp3) is 0.414. The summed E-state index contributed by atoms with van der Waals surface area (Å²) in [5.41, 5.74) is 1.88. The van der Waals surface area contributed by atoms with Gasteiger partial charge in [-0.15, -0.1) is 10.2 Å². The van der Waals surface area contributed by atoms with Crippen LogP contribution in [0.25, 0.3) is 11.5 Å². The van der Waals surface area contributed by atoms with Gasteiger partial charge in [0.2, 0.25) is 11.8 Å². The third-order valence-corrected chi connectivity index (χ3v) is 9.90. The predicted molar refractivity (Wildman–Crippen MR) is 132 cm³/mol. The highest BCUT2D eigenvalue weighted by Gasteiger charge is 2.80. The zero-order valence-corrected chi connectivity index (χ0v) is 20.7. The van der Waals surface area contributed by atoms with Gasteiger partial charge in [0.25, 0.3) is 0 Å². The minimum Gasteiger partial charge on any atom is -0.493 e. The second kappa shape index (κ2) is 6.93. The van der Waals surface area contributed by atoms with Crippen molar-refractivity contribution >= 4 is 0 Å². The molecule has 9 rings (SSSR count). The molecular weight excluding hydrogens is 468 g/mol. The smallest absolute Gasteiger partial charge is 0.247 e. The van der Waals surface area contributed by atoms with Gasteiger partial charge in [-0.3, -0.25) is 0 Å². The molecule has 1 saturated heterocycles. The van der Waals surface area contributed by atoms with Crippen molar-refractivity contribution in [1.29, 1.82) is 5.26 Å². The number of rotatable bonds is 4. The van der Waals surface area contributed by atoms with E-state index in [4.69, 9.17) is 18.6 Å². The Morgan fingerprint density at radius 1 is 1.11 bits per heavy atom. The lowest BCUT2D eigenvalue weighted by Crippen LogP contribution is -2.78. The maximum atomic E-state index is 10.2. The molecule has 3 aromatic rings. The number of benzene rings is 2. The van der Waals surface area contributed by atoms with Crippen molar-refractivity contribution in [2.24, 2.45) is 5.41 Å². The molecule has 2 fully saturated rings. The van der Waals surface area contributed by atoms with Gasteiger partial charge in [0.15, 0.2) is 17.7 Å². The first kappa shape index (κ1) is 21.3. The molecule has 0 N–H and O–H groups in total. The summed E-state index contributed by atoms with van der Waals surface area (Å²) in [6.45, 7) is 0.690. The maximum Gasteiger partial charge on any atom is 0.247 e. The third kappa shape index (κ3) is 2.25. The summed E-state index contributed by atoms with van der Waals surface area (Å²) in [5, 5.41) is 19.1. The van der Waals surface area contributed by atoms with Crippen molar-refractivity contribution in [3.63, 3.8) is 0 Å². The van der Waals surface area contributed by atoms with Gasteiger partial charge in [0, 0.05) is 30.2 Å². The molecule has 4 aliphatic carbocycles. The Balaban J connectivity index is 1.36. The van der Waals surface area contributed by atoms with Crippen LogP contribution in [-0.4, -0.2) is 53.6 Å². The van der Waals surface area contributed by atoms with E-state index in [0.717, 1.165) is 36.3 Å². The van der Waals surface area contributed by atoms with Gasteiger partial charge in [-0.05, 0) is 43.0 Å². The number of nitriles is 1. The van der Waals surface area contributed by atoms with E-state index >= 15 is 0 Å². The summed E-state index contributed by atoms with van der Waals surface area (Å²) in [6.07, 6.45) is 8.98. The van der Waals surface area contributed by atoms with Gasteiger partial charge in [-0.25, -0.2) is 0 Å². The molecule has 6 aliphatic rings. The molecule has 1 saturated carbocycles. The van der Waals surface area contributed by atoms with E-state index in [1.807, 2.05) is 41.3 Å². The molecular formula is C29H26N4O4. The van der Waals surface area contributed by atoms with Crippen molar-refractivity contribution in [2.45, 2.75) is 48.3 Å². The average Bonchev–Trinajstić information content (AvgIpc) is 3.57. The Labute approximate surface area is 214 Å². The third-order valence-electron chi connectivity index (χ3n) is 9.90. The van der Waals surface area contributed by atoms with Crippen LogP contribution >= 0.6 is 0 Å². The molecule has 2 aromatic carbocycles. The van der Waals surface area contributed by atoms with Crippen LogP contribution in [0.1, 0.15) is 35.8 Å². The fourth-order valence-corrected chi connectivity index (χ4v) is 8.46. The SMILES string of the molecule is COc1ccc2c3c1O[C@@H]1[C@@]4(OC)C=C[C@@]5(C[C@H]4c4nnc(-c6ccccc6)o4)[C@@H](C2)N(C#N)CC[C@]315. The molecule has 8 heteroatoms. The number of hydrogen-bond donors (Lipinski definition) is 0. The van der Waals surface area contributed by atoms with Crippen LogP contribution < -0.4 is 9.47 Å². The summed E-state index contributed by atoms with van der Waals surface area (Å²) in [7, 11) is 3.43. The second-order valence-electron chi connectivity index (χ2n) is 10.9. The number of aromatic nitrogens is 2. The number of hydrogen-bond acceptors (Lipinski definition) is 8. The zero-order valence-electron chi connectivity index (χ0n) is 20.7. The summed E-state index contributed by atoms with van der Waals surface area (Å²) in [5.74, 6) is 2.36. The van der Waals surface area contributed by atoms with E-state index in [2.05, 4.69) is 34.6 Å². The first-order valence-electron chi connectivity index (χ1n) is 12.8. The first-order chi connectivity index (χ1) is 18.1. The van der Waals surface area contributed by atoms with Gasteiger partial charge >= 0.3 is 0 Å². The Morgan fingerprint density at radius 2 is 1.97 bits per heavy atom. The number of likely N-dealkylation sites (tertiary alicyclic amines) is 1. The molecule has 186 valence electrons. The van der Waals surface area contributed by atoms with Crippen LogP contribution in [0.15, 0.2) is 59.0 Å². The van der Waals surface area contributed by atoms with Crippen LogP contribution in [0.4, 0.5) is 0 Å². The number of ether oxygens (including phenoxy) is 3. The summed E-state index contributed by atoms with van der Waals surface area (Å²) < 4.78 is 25.5. The van der Waals surface area contributed by atoms with E-state index in [1.165, 1.54) is 11.1 Å². The molecule has 1 aromatic heterocycles. The number of nitrogens with zero attached hydrogens (tertiary/aromatic N) is 4. The minimum absolute atomic E-state index is 0.00890. The summed E-state index contributed by atoms with van der Waals surface area (Å²) in [4.78, 5) is 1.98. The quantitative estimate of drug-likeness (QED) is 0.397. The van der Waals surface area contributed by atoms with Crippen LogP contribution in [0.2, 0.25) is 0 Å². The van der Waals surface area contributed by atoms with E-state index in [1.54, 1.807) is 14.2 Å². The second-order valence-corrected chi connectivity index (χ2v) is 10.9. The van der Waals surface area contributed by atoms with Gasteiger partial charge in [-0.2, -0.15) is 5.26 Å². The largest absolute Gasteiger partial charge is 0.493 e. The molecule has 3 heterocycles. The van der Waals surface area contributed by atoms with Gasteiger partial charge in [0.05, 0.1) is 24.5 Å².